The maximum atomic E-state index is 12.6. The summed E-state index contributed by atoms with van der Waals surface area (Å²) in [7, 11) is 0. The van der Waals surface area contributed by atoms with Crippen molar-refractivity contribution >= 4 is 50.5 Å². The number of carbonyl (C=O) groups is 1. The van der Waals surface area contributed by atoms with E-state index in [2.05, 4.69) is 16.7 Å². The minimum atomic E-state index is -0.409. The summed E-state index contributed by atoms with van der Waals surface area (Å²) in [5.41, 5.74) is 4.35. The van der Waals surface area contributed by atoms with Crippen molar-refractivity contribution in [2.45, 2.75) is 6.04 Å². The number of hydrogen-bond donors (Lipinski definition) is 2. The molecule has 1 aliphatic rings. The second-order valence-corrected chi connectivity index (χ2v) is 8.13. The molecule has 0 aliphatic carbocycles. The van der Waals surface area contributed by atoms with Gasteiger partial charge in [0.25, 0.3) is 0 Å². The molecular weight excluding hydrogens is 402 g/mol. The lowest BCUT2D eigenvalue weighted by Gasteiger charge is -2.30. The number of carbonyl (C=O) groups excluding carboxylic acids is 1. The van der Waals surface area contributed by atoms with Crippen LogP contribution in [0.1, 0.15) is 22.2 Å². The summed E-state index contributed by atoms with van der Waals surface area (Å²) in [6.07, 6.45) is 0. The van der Waals surface area contributed by atoms with Gasteiger partial charge < -0.3 is 10.6 Å². The lowest BCUT2D eigenvalue weighted by atomic mass is 9.93. The molecule has 29 heavy (non-hydrogen) atoms. The monoisotopic (exact) mass is 417 g/mol. The highest BCUT2D eigenvalue weighted by Gasteiger charge is 2.32. The summed E-state index contributed by atoms with van der Waals surface area (Å²) in [6.45, 7) is 0. The fraction of sp³-hybridized carbons (Fsp3) is 0.0435. The molecule has 0 unspecified atom stereocenters. The van der Waals surface area contributed by atoms with Gasteiger partial charge in [0.2, 0.25) is 0 Å². The first kappa shape index (κ1) is 17.9. The molecule has 2 heterocycles. The Morgan fingerprint density at radius 1 is 0.897 bits per heavy atom. The van der Waals surface area contributed by atoms with E-state index in [9.17, 15) is 4.79 Å². The first-order valence-corrected chi connectivity index (χ1v) is 10.4. The fourth-order valence-corrected chi connectivity index (χ4v) is 4.85. The second kappa shape index (κ2) is 7.35. The molecule has 6 heteroatoms. The quantitative estimate of drug-likeness (QED) is 0.437. The Bertz CT molecular complexity index is 1220. The van der Waals surface area contributed by atoms with E-state index in [0.717, 1.165) is 37.6 Å². The zero-order valence-electron chi connectivity index (χ0n) is 15.2. The van der Waals surface area contributed by atoms with Crippen molar-refractivity contribution < 1.29 is 4.79 Å². The average molecular weight is 418 g/mol. The Morgan fingerprint density at radius 3 is 2.41 bits per heavy atom. The highest BCUT2D eigenvalue weighted by Crippen LogP contribution is 2.42. The molecule has 4 nitrogen and oxygen atoms in total. The first-order chi connectivity index (χ1) is 14.2. The number of halogens is 1. The van der Waals surface area contributed by atoms with Crippen LogP contribution in [0.3, 0.4) is 0 Å². The second-order valence-electron chi connectivity index (χ2n) is 6.69. The summed E-state index contributed by atoms with van der Waals surface area (Å²) in [5.74, 6) is 0. The van der Waals surface area contributed by atoms with E-state index in [4.69, 9.17) is 16.6 Å². The van der Waals surface area contributed by atoms with Crippen LogP contribution in [0.5, 0.6) is 0 Å². The summed E-state index contributed by atoms with van der Waals surface area (Å²) in [5, 5.41) is 7.49. The predicted molar refractivity (Wildman–Crippen MR) is 119 cm³/mol. The minimum absolute atomic E-state index is 0.265. The maximum absolute atomic E-state index is 12.6. The number of hydrogen-bond acceptors (Lipinski definition) is 3. The van der Waals surface area contributed by atoms with E-state index in [1.54, 1.807) is 11.3 Å². The molecule has 1 aromatic heterocycles. The largest absolute Gasteiger partial charge is 0.327 e. The van der Waals surface area contributed by atoms with Crippen molar-refractivity contribution in [3.63, 3.8) is 0 Å². The van der Waals surface area contributed by atoms with E-state index < -0.39 is 6.04 Å². The van der Waals surface area contributed by atoms with Crippen LogP contribution in [-0.2, 0) is 0 Å². The van der Waals surface area contributed by atoms with E-state index in [1.807, 2.05) is 72.8 Å². The third-order valence-corrected chi connectivity index (χ3v) is 6.29. The molecule has 1 aliphatic heterocycles. The molecule has 0 bridgehead atoms. The van der Waals surface area contributed by atoms with Crippen LogP contribution < -0.4 is 10.6 Å². The molecule has 0 fully saturated rings. The molecule has 3 aromatic carbocycles. The van der Waals surface area contributed by atoms with Gasteiger partial charge in [-0.25, -0.2) is 9.78 Å². The van der Waals surface area contributed by atoms with E-state index >= 15 is 0 Å². The average Bonchev–Trinajstić information content (AvgIpc) is 3.18. The topological polar surface area (TPSA) is 54.0 Å². The molecule has 1 atom stereocenters. The van der Waals surface area contributed by atoms with E-state index in [-0.39, 0.29) is 6.03 Å². The highest BCUT2D eigenvalue weighted by molar-refractivity contribution is 7.19. The number of para-hydroxylation sites is 1. The summed E-state index contributed by atoms with van der Waals surface area (Å²) in [6, 6.07) is 24.8. The van der Waals surface area contributed by atoms with Crippen LogP contribution in [-0.4, -0.2) is 11.0 Å². The van der Waals surface area contributed by atoms with Gasteiger partial charge in [-0.2, -0.15) is 0 Å². The van der Waals surface area contributed by atoms with Crippen LogP contribution in [0, 0.1) is 0 Å². The van der Waals surface area contributed by atoms with Gasteiger partial charge in [0.15, 0.2) is 0 Å². The number of nitrogens with one attached hydrogen (secondary N) is 2. The molecular formula is C23H16ClN3OS. The molecule has 4 aromatic rings. The summed E-state index contributed by atoms with van der Waals surface area (Å²) >= 11 is 8.12. The number of urea groups is 1. The summed E-state index contributed by atoms with van der Waals surface area (Å²) < 4.78 is 1.09. The fourth-order valence-electron chi connectivity index (χ4n) is 3.56. The smallest absolute Gasteiger partial charge is 0.320 e. The van der Waals surface area contributed by atoms with Crippen molar-refractivity contribution in [2.24, 2.45) is 0 Å². The standard InChI is InChI=1S/C23H16ClN3OS/c24-16-11-5-4-10-15(16)21-19(22-25-17-12-6-7-13-18(17)29-22)20(26-23(28)27-21)14-8-2-1-3-9-14/h1-13,21H,(H2,26,27,28)/t21-/m0/s1. The summed E-state index contributed by atoms with van der Waals surface area (Å²) in [4.78, 5) is 17.4. The third-order valence-electron chi connectivity index (χ3n) is 4.87. The number of nitrogens with zero attached hydrogens (tertiary/aromatic N) is 1. The number of thiazole rings is 1. The molecule has 0 saturated carbocycles. The van der Waals surface area contributed by atoms with Gasteiger partial charge in [0, 0.05) is 10.6 Å². The third kappa shape index (κ3) is 3.28. The van der Waals surface area contributed by atoms with Gasteiger partial charge in [-0.05, 0) is 29.3 Å². The van der Waals surface area contributed by atoms with Gasteiger partial charge in [-0.1, -0.05) is 72.3 Å². The predicted octanol–water partition coefficient (Wildman–Crippen LogP) is 5.87. The molecule has 0 saturated heterocycles. The van der Waals surface area contributed by atoms with Gasteiger partial charge in [-0.15, -0.1) is 11.3 Å². The van der Waals surface area contributed by atoms with E-state index in [0.29, 0.717) is 5.02 Å². The Hall–Kier alpha value is -3.15. The van der Waals surface area contributed by atoms with Gasteiger partial charge in [0.05, 0.1) is 22.0 Å². The highest BCUT2D eigenvalue weighted by atomic mass is 35.5. The number of amides is 2. The number of rotatable bonds is 3. The Kier molecular flexibility index (Phi) is 4.54. The Labute approximate surface area is 176 Å². The first-order valence-electron chi connectivity index (χ1n) is 9.18. The van der Waals surface area contributed by atoms with Gasteiger partial charge in [-0.3, -0.25) is 0 Å². The van der Waals surface area contributed by atoms with Crippen LogP contribution >= 0.6 is 22.9 Å². The maximum Gasteiger partial charge on any atom is 0.320 e. The van der Waals surface area contributed by atoms with Crippen molar-refractivity contribution in [3.8, 4) is 0 Å². The van der Waals surface area contributed by atoms with Gasteiger partial charge >= 0.3 is 6.03 Å². The Morgan fingerprint density at radius 2 is 1.62 bits per heavy atom. The van der Waals surface area contributed by atoms with Crippen molar-refractivity contribution in [1.29, 1.82) is 0 Å². The number of benzene rings is 3. The van der Waals surface area contributed by atoms with E-state index in [1.165, 1.54) is 0 Å². The van der Waals surface area contributed by atoms with Crippen LogP contribution in [0.4, 0.5) is 4.79 Å². The van der Waals surface area contributed by atoms with Gasteiger partial charge in [0.1, 0.15) is 5.01 Å². The molecule has 0 spiro atoms. The zero-order chi connectivity index (χ0) is 19.8. The molecule has 5 rings (SSSR count). The van der Waals surface area contributed by atoms with Crippen LogP contribution in [0.2, 0.25) is 5.02 Å². The SMILES string of the molecule is O=C1NC(c2ccccc2)=C(c2nc3ccccc3s2)[C@H](c2ccccc2Cl)N1. The Balaban J connectivity index is 1.79. The lowest BCUT2D eigenvalue weighted by molar-refractivity contribution is 0.242. The van der Waals surface area contributed by atoms with Crippen LogP contribution in [0.15, 0.2) is 78.9 Å². The number of fused-ring (bicyclic) bond motifs is 1. The van der Waals surface area contributed by atoms with Crippen molar-refractivity contribution in [1.82, 2.24) is 15.6 Å². The lowest BCUT2D eigenvalue weighted by Crippen LogP contribution is -2.43. The molecule has 2 N–H and O–H groups in total. The zero-order valence-corrected chi connectivity index (χ0v) is 16.8. The minimum Gasteiger partial charge on any atom is -0.327 e. The molecule has 142 valence electrons. The van der Waals surface area contributed by atoms with Crippen LogP contribution in [0.25, 0.3) is 21.5 Å². The normalized spacial score (nSPS) is 16.6. The number of aromatic nitrogens is 1. The molecule has 2 amide bonds. The van der Waals surface area contributed by atoms with Crippen molar-refractivity contribution in [2.75, 3.05) is 0 Å². The molecule has 0 radical (unpaired) electrons. The van der Waals surface area contributed by atoms with Crippen molar-refractivity contribution in [3.05, 3.63) is 100 Å².